The molecular formula is C26H26N2O3. The average Bonchev–Trinajstić information content (AvgIpc) is 2.80. The van der Waals surface area contributed by atoms with Gasteiger partial charge >= 0.3 is 0 Å². The van der Waals surface area contributed by atoms with Gasteiger partial charge in [0.15, 0.2) is 0 Å². The molecule has 0 heterocycles. The predicted octanol–water partition coefficient (Wildman–Crippen LogP) is 4.13. The van der Waals surface area contributed by atoms with Crippen LogP contribution in [0.15, 0.2) is 84.6 Å². The van der Waals surface area contributed by atoms with Gasteiger partial charge in [-0.25, -0.2) is 0 Å². The normalized spacial score (nSPS) is 11.0. The number of amides is 2. The molecule has 0 saturated heterocycles. The second kappa shape index (κ2) is 10.8. The number of benzene rings is 3. The van der Waals surface area contributed by atoms with E-state index in [2.05, 4.69) is 10.6 Å². The number of hydrogen-bond donors (Lipinski definition) is 2. The smallest absolute Gasteiger partial charge is 0.267 e. The first kappa shape index (κ1) is 21.8. The minimum absolute atomic E-state index is 0.184. The van der Waals surface area contributed by atoms with Crippen molar-refractivity contribution >= 4 is 17.9 Å². The van der Waals surface area contributed by atoms with Gasteiger partial charge in [0.05, 0.1) is 7.11 Å². The van der Waals surface area contributed by atoms with Crippen LogP contribution in [0.25, 0.3) is 6.08 Å². The average molecular weight is 415 g/mol. The molecule has 31 heavy (non-hydrogen) atoms. The number of methoxy groups -OCH3 is 1. The zero-order valence-corrected chi connectivity index (χ0v) is 17.7. The fraction of sp³-hybridized carbons (Fsp3) is 0.154. The summed E-state index contributed by atoms with van der Waals surface area (Å²) in [6, 6.07) is 24.4. The van der Waals surface area contributed by atoms with Gasteiger partial charge < -0.3 is 15.4 Å². The van der Waals surface area contributed by atoms with Crippen molar-refractivity contribution < 1.29 is 14.3 Å². The Morgan fingerprint density at radius 2 is 1.58 bits per heavy atom. The van der Waals surface area contributed by atoms with Crippen molar-refractivity contribution in [1.82, 2.24) is 10.6 Å². The van der Waals surface area contributed by atoms with Crippen LogP contribution < -0.4 is 15.4 Å². The molecule has 0 bridgehead atoms. The molecule has 0 saturated carbocycles. The molecule has 0 fully saturated rings. The number of carbonyl (C=O) groups is 2. The molecule has 3 rings (SSSR count). The maximum atomic E-state index is 12.9. The van der Waals surface area contributed by atoms with Gasteiger partial charge in [0, 0.05) is 12.1 Å². The summed E-state index contributed by atoms with van der Waals surface area (Å²) < 4.78 is 5.18. The molecule has 0 aliphatic rings. The summed E-state index contributed by atoms with van der Waals surface area (Å²) in [6.07, 6.45) is 2.36. The van der Waals surface area contributed by atoms with Gasteiger partial charge in [0.1, 0.15) is 11.4 Å². The Labute approximate surface area is 182 Å². The Kier molecular flexibility index (Phi) is 7.60. The third-order valence-electron chi connectivity index (χ3n) is 4.78. The molecule has 0 aromatic heterocycles. The lowest BCUT2D eigenvalue weighted by atomic mass is 10.1. The summed E-state index contributed by atoms with van der Waals surface area (Å²) in [5.74, 6) is 0.0416. The van der Waals surface area contributed by atoms with E-state index in [4.69, 9.17) is 4.74 Å². The fourth-order valence-electron chi connectivity index (χ4n) is 2.98. The van der Waals surface area contributed by atoms with Gasteiger partial charge in [0.25, 0.3) is 11.8 Å². The molecular weight excluding hydrogens is 388 g/mol. The van der Waals surface area contributed by atoms with E-state index in [1.807, 2.05) is 61.5 Å². The summed E-state index contributed by atoms with van der Waals surface area (Å²) >= 11 is 0. The molecule has 5 nitrogen and oxygen atoms in total. The monoisotopic (exact) mass is 414 g/mol. The van der Waals surface area contributed by atoms with E-state index >= 15 is 0 Å². The quantitative estimate of drug-likeness (QED) is 0.545. The molecule has 2 N–H and O–H groups in total. The van der Waals surface area contributed by atoms with Crippen LogP contribution in [-0.2, 0) is 11.2 Å². The van der Waals surface area contributed by atoms with Crippen molar-refractivity contribution in [2.75, 3.05) is 13.7 Å². The summed E-state index contributed by atoms with van der Waals surface area (Å²) in [6.45, 7) is 2.42. The molecule has 3 aromatic carbocycles. The molecule has 0 atom stereocenters. The van der Waals surface area contributed by atoms with Crippen molar-refractivity contribution in [3.63, 3.8) is 0 Å². The van der Waals surface area contributed by atoms with E-state index in [0.29, 0.717) is 18.5 Å². The highest BCUT2D eigenvalue weighted by molar-refractivity contribution is 6.05. The van der Waals surface area contributed by atoms with Crippen molar-refractivity contribution in [3.8, 4) is 5.75 Å². The van der Waals surface area contributed by atoms with Crippen molar-refractivity contribution in [3.05, 3.63) is 107 Å². The van der Waals surface area contributed by atoms with Crippen molar-refractivity contribution in [2.24, 2.45) is 0 Å². The third-order valence-corrected chi connectivity index (χ3v) is 4.78. The fourth-order valence-corrected chi connectivity index (χ4v) is 2.98. The van der Waals surface area contributed by atoms with Gasteiger partial charge in [-0.05, 0) is 54.8 Å². The number of ether oxygens (including phenoxy) is 1. The van der Waals surface area contributed by atoms with E-state index in [0.717, 1.165) is 22.4 Å². The van der Waals surface area contributed by atoms with Crippen LogP contribution in [-0.4, -0.2) is 25.5 Å². The molecule has 0 aliphatic heterocycles. The van der Waals surface area contributed by atoms with Crippen molar-refractivity contribution in [2.45, 2.75) is 13.3 Å². The summed E-state index contributed by atoms with van der Waals surface area (Å²) in [7, 11) is 1.60. The molecule has 158 valence electrons. The van der Waals surface area contributed by atoms with E-state index in [9.17, 15) is 9.59 Å². The van der Waals surface area contributed by atoms with Crippen molar-refractivity contribution in [1.29, 1.82) is 0 Å². The lowest BCUT2D eigenvalue weighted by Gasteiger charge is -2.12. The number of hydrogen-bond acceptors (Lipinski definition) is 3. The Bertz CT molecular complexity index is 1040. The molecule has 2 amide bonds. The zero-order chi connectivity index (χ0) is 22.1. The first-order valence-corrected chi connectivity index (χ1v) is 10.1. The van der Waals surface area contributed by atoms with E-state index in [1.54, 1.807) is 37.5 Å². The van der Waals surface area contributed by atoms with Gasteiger partial charge in [0.2, 0.25) is 0 Å². The minimum Gasteiger partial charge on any atom is -0.497 e. The van der Waals surface area contributed by atoms with Crippen LogP contribution in [0.5, 0.6) is 5.75 Å². The standard InChI is InChI=1S/C26H26N2O3/c1-19-8-12-22(13-9-19)25(29)28-24(18-21-10-14-23(31-2)15-11-21)26(30)27-17-16-20-6-4-3-5-7-20/h3-15,18H,16-17H2,1-2H3,(H,27,30)(H,28,29). The number of nitrogens with one attached hydrogen (secondary N) is 2. The number of aryl methyl sites for hydroxylation is 1. The second-order valence-electron chi connectivity index (χ2n) is 7.14. The maximum Gasteiger partial charge on any atom is 0.267 e. The highest BCUT2D eigenvalue weighted by atomic mass is 16.5. The number of rotatable bonds is 8. The summed E-state index contributed by atoms with van der Waals surface area (Å²) in [4.78, 5) is 25.6. The Morgan fingerprint density at radius 1 is 0.903 bits per heavy atom. The molecule has 3 aromatic rings. The Balaban J connectivity index is 1.75. The Morgan fingerprint density at radius 3 is 2.23 bits per heavy atom. The molecule has 5 heteroatoms. The lowest BCUT2D eigenvalue weighted by molar-refractivity contribution is -0.117. The van der Waals surface area contributed by atoms with Gasteiger partial charge in [-0.1, -0.05) is 60.2 Å². The summed E-state index contributed by atoms with van der Waals surface area (Å²) in [5, 5.41) is 5.65. The van der Waals surface area contributed by atoms with Crippen LogP contribution in [0.2, 0.25) is 0 Å². The lowest BCUT2D eigenvalue weighted by Crippen LogP contribution is -2.35. The predicted molar refractivity (Wildman–Crippen MR) is 123 cm³/mol. The van der Waals surface area contributed by atoms with Gasteiger partial charge in [-0.3, -0.25) is 9.59 Å². The molecule has 0 radical (unpaired) electrons. The third kappa shape index (κ3) is 6.57. The Hall–Kier alpha value is -3.86. The van der Waals surface area contributed by atoms with Crippen LogP contribution in [0.3, 0.4) is 0 Å². The topological polar surface area (TPSA) is 67.4 Å². The van der Waals surface area contributed by atoms with Gasteiger partial charge in [-0.15, -0.1) is 0 Å². The maximum absolute atomic E-state index is 12.9. The van der Waals surface area contributed by atoms with Crippen LogP contribution in [0.4, 0.5) is 0 Å². The van der Waals surface area contributed by atoms with E-state index in [1.165, 1.54) is 0 Å². The minimum atomic E-state index is -0.341. The SMILES string of the molecule is COc1ccc(C=C(NC(=O)c2ccc(C)cc2)C(=O)NCCc2ccccc2)cc1. The molecule has 0 spiro atoms. The second-order valence-corrected chi connectivity index (χ2v) is 7.14. The highest BCUT2D eigenvalue weighted by Crippen LogP contribution is 2.14. The number of carbonyl (C=O) groups excluding carboxylic acids is 2. The first-order valence-electron chi connectivity index (χ1n) is 10.1. The van der Waals surface area contributed by atoms with Crippen LogP contribution >= 0.6 is 0 Å². The highest BCUT2D eigenvalue weighted by Gasteiger charge is 2.14. The molecule has 0 unspecified atom stereocenters. The molecule has 0 aliphatic carbocycles. The first-order chi connectivity index (χ1) is 15.0. The van der Waals surface area contributed by atoms with Gasteiger partial charge in [-0.2, -0.15) is 0 Å². The largest absolute Gasteiger partial charge is 0.497 e. The van der Waals surface area contributed by atoms with E-state index < -0.39 is 0 Å². The zero-order valence-electron chi connectivity index (χ0n) is 17.7. The van der Waals surface area contributed by atoms with Crippen LogP contribution in [0, 0.1) is 6.92 Å². The van der Waals surface area contributed by atoms with E-state index in [-0.39, 0.29) is 17.5 Å². The van der Waals surface area contributed by atoms with Crippen LogP contribution in [0.1, 0.15) is 27.0 Å². The summed E-state index contributed by atoms with van der Waals surface area (Å²) in [5.41, 5.74) is 3.64.